The van der Waals surface area contributed by atoms with Crippen LogP contribution in [0.3, 0.4) is 0 Å². The van der Waals surface area contributed by atoms with Crippen molar-refractivity contribution in [1.29, 1.82) is 5.26 Å². The first kappa shape index (κ1) is 12.8. The van der Waals surface area contributed by atoms with Gasteiger partial charge in [-0.3, -0.25) is 0 Å². The zero-order chi connectivity index (χ0) is 15.0. The predicted octanol–water partition coefficient (Wildman–Crippen LogP) is 2.30. The Morgan fingerprint density at radius 3 is 2.81 bits per heavy atom. The van der Waals surface area contributed by atoms with Crippen molar-refractivity contribution in [2.24, 2.45) is 0 Å². The molecule has 0 atom stereocenters. The molecular formula is C15H10N4O2. The second-order valence-electron chi connectivity index (χ2n) is 4.62. The minimum atomic E-state index is -1.01. The van der Waals surface area contributed by atoms with E-state index in [0.717, 1.165) is 5.56 Å². The highest BCUT2D eigenvalue weighted by molar-refractivity contribution is 5.92. The number of benzene rings is 2. The number of aromatic carboxylic acids is 1. The molecule has 0 radical (unpaired) electrons. The Morgan fingerprint density at radius 2 is 2.10 bits per heavy atom. The lowest BCUT2D eigenvalue weighted by Crippen LogP contribution is -2.01. The second-order valence-corrected chi connectivity index (χ2v) is 4.62. The lowest BCUT2D eigenvalue weighted by atomic mass is 10.1. The number of rotatable bonds is 2. The van der Waals surface area contributed by atoms with Crippen LogP contribution < -0.4 is 0 Å². The fourth-order valence-corrected chi connectivity index (χ4v) is 2.14. The first-order chi connectivity index (χ1) is 10.1. The number of carboxylic acids is 1. The molecule has 3 aromatic rings. The van der Waals surface area contributed by atoms with E-state index in [4.69, 9.17) is 10.4 Å². The van der Waals surface area contributed by atoms with Crippen LogP contribution in [0.25, 0.3) is 16.7 Å². The van der Waals surface area contributed by atoms with Crippen LogP contribution >= 0.6 is 0 Å². The molecule has 1 heterocycles. The summed E-state index contributed by atoms with van der Waals surface area (Å²) in [4.78, 5) is 11.1. The van der Waals surface area contributed by atoms with Crippen molar-refractivity contribution >= 4 is 17.0 Å². The van der Waals surface area contributed by atoms with E-state index in [-0.39, 0.29) is 5.56 Å². The van der Waals surface area contributed by atoms with Crippen LogP contribution in [0.5, 0.6) is 0 Å². The number of carboxylic acid groups (broad SMARTS) is 1. The average Bonchev–Trinajstić information content (AvgIpc) is 2.90. The third-order valence-corrected chi connectivity index (χ3v) is 3.26. The molecule has 1 aromatic heterocycles. The van der Waals surface area contributed by atoms with Gasteiger partial charge >= 0.3 is 5.97 Å². The summed E-state index contributed by atoms with van der Waals surface area (Å²) >= 11 is 0. The minimum absolute atomic E-state index is 0.167. The molecule has 0 aliphatic rings. The first-order valence-electron chi connectivity index (χ1n) is 6.20. The summed E-state index contributed by atoms with van der Waals surface area (Å²) in [5, 5.41) is 26.2. The van der Waals surface area contributed by atoms with Gasteiger partial charge in [0.15, 0.2) is 0 Å². The molecule has 0 fully saturated rings. The van der Waals surface area contributed by atoms with Crippen molar-refractivity contribution < 1.29 is 9.90 Å². The zero-order valence-electron chi connectivity index (χ0n) is 11.1. The fraction of sp³-hybridized carbons (Fsp3) is 0.0667. The van der Waals surface area contributed by atoms with Crippen LogP contribution in [0, 0.1) is 18.3 Å². The van der Waals surface area contributed by atoms with E-state index in [1.807, 2.05) is 13.0 Å². The van der Waals surface area contributed by atoms with Gasteiger partial charge in [0, 0.05) is 0 Å². The van der Waals surface area contributed by atoms with Gasteiger partial charge in [0.25, 0.3) is 0 Å². The number of fused-ring (bicyclic) bond motifs is 1. The van der Waals surface area contributed by atoms with Gasteiger partial charge in [0.2, 0.25) is 0 Å². The fourth-order valence-electron chi connectivity index (χ4n) is 2.14. The van der Waals surface area contributed by atoms with Crippen molar-refractivity contribution in [2.45, 2.75) is 6.92 Å². The number of nitriles is 1. The van der Waals surface area contributed by atoms with Gasteiger partial charge in [-0.05, 0) is 42.8 Å². The molecule has 0 amide bonds. The van der Waals surface area contributed by atoms with E-state index >= 15 is 0 Å². The summed E-state index contributed by atoms with van der Waals surface area (Å²) in [5.74, 6) is -1.01. The number of aryl methyl sites for hydroxylation is 1. The summed E-state index contributed by atoms with van der Waals surface area (Å²) in [6.07, 6.45) is 0. The van der Waals surface area contributed by atoms with Crippen LogP contribution in [0.1, 0.15) is 21.5 Å². The highest BCUT2D eigenvalue weighted by Crippen LogP contribution is 2.21. The van der Waals surface area contributed by atoms with E-state index in [0.29, 0.717) is 22.3 Å². The molecule has 21 heavy (non-hydrogen) atoms. The molecule has 102 valence electrons. The summed E-state index contributed by atoms with van der Waals surface area (Å²) in [5.41, 5.74) is 3.49. The van der Waals surface area contributed by atoms with Crippen LogP contribution in [0.4, 0.5) is 0 Å². The number of hydrogen-bond acceptors (Lipinski definition) is 4. The molecular weight excluding hydrogens is 268 g/mol. The van der Waals surface area contributed by atoms with Crippen molar-refractivity contribution in [3.63, 3.8) is 0 Å². The van der Waals surface area contributed by atoms with Gasteiger partial charge in [-0.1, -0.05) is 11.3 Å². The summed E-state index contributed by atoms with van der Waals surface area (Å²) in [6.45, 7) is 1.89. The zero-order valence-corrected chi connectivity index (χ0v) is 11.1. The Hall–Kier alpha value is -3.20. The molecule has 0 saturated heterocycles. The first-order valence-corrected chi connectivity index (χ1v) is 6.20. The molecule has 0 saturated carbocycles. The lowest BCUT2D eigenvalue weighted by Gasteiger charge is -2.07. The second kappa shape index (κ2) is 4.72. The van der Waals surface area contributed by atoms with E-state index in [1.54, 1.807) is 22.9 Å². The molecule has 0 aliphatic carbocycles. The Kier molecular flexibility index (Phi) is 2.88. The van der Waals surface area contributed by atoms with E-state index in [2.05, 4.69) is 16.4 Å². The van der Waals surface area contributed by atoms with Gasteiger partial charge in [-0.15, -0.1) is 5.10 Å². The number of hydrogen-bond donors (Lipinski definition) is 1. The topological polar surface area (TPSA) is 91.8 Å². The molecule has 0 aliphatic heterocycles. The molecule has 0 bridgehead atoms. The molecule has 3 rings (SSSR count). The Labute approximate surface area is 119 Å². The van der Waals surface area contributed by atoms with Crippen molar-refractivity contribution in [2.75, 3.05) is 0 Å². The minimum Gasteiger partial charge on any atom is -0.478 e. The lowest BCUT2D eigenvalue weighted by molar-refractivity contribution is 0.0697. The number of aromatic nitrogens is 3. The maximum atomic E-state index is 11.1. The quantitative estimate of drug-likeness (QED) is 0.776. The Balaban J connectivity index is 2.28. The third-order valence-electron chi connectivity index (χ3n) is 3.26. The third kappa shape index (κ3) is 2.11. The van der Waals surface area contributed by atoms with Crippen molar-refractivity contribution in [1.82, 2.24) is 15.0 Å². The maximum Gasteiger partial charge on any atom is 0.335 e. The van der Waals surface area contributed by atoms with Crippen molar-refractivity contribution in [3.8, 4) is 11.8 Å². The van der Waals surface area contributed by atoms with E-state index < -0.39 is 5.97 Å². The monoisotopic (exact) mass is 278 g/mol. The Morgan fingerprint density at radius 1 is 1.29 bits per heavy atom. The van der Waals surface area contributed by atoms with Crippen LogP contribution in [-0.2, 0) is 0 Å². The molecule has 0 spiro atoms. The molecule has 0 unspecified atom stereocenters. The Bertz CT molecular complexity index is 906. The SMILES string of the molecule is Cc1ccc(C#N)cc1-n1nnc2ccc(C(=O)O)cc21. The normalized spacial score (nSPS) is 10.5. The van der Waals surface area contributed by atoms with Crippen LogP contribution in [-0.4, -0.2) is 26.1 Å². The largest absolute Gasteiger partial charge is 0.478 e. The summed E-state index contributed by atoms with van der Waals surface area (Å²) in [7, 11) is 0. The van der Waals surface area contributed by atoms with Crippen LogP contribution in [0.2, 0.25) is 0 Å². The predicted molar refractivity (Wildman–Crippen MR) is 75.3 cm³/mol. The smallest absolute Gasteiger partial charge is 0.335 e. The van der Waals surface area contributed by atoms with Gasteiger partial charge in [0.1, 0.15) is 5.52 Å². The standard InChI is InChI=1S/C15H10N4O2/c1-9-2-3-10(8-16)6-13(9)19-14-7-11(15(20)21)4-5-12(14)17-18-19/h2-7H,1H3,(H,20,21). The molecule has 2 aromatic carbocycles. The van der Waals surface area contributed by atoms with E-state index in [1.165, 1.54) is 12.1 Å². The van der Waals surface area contributed by atoms with Gasteiger partial charge in [0.05, 0.1) is 28.4 Å². The van der Waals surface area contributed by atoms with Gasteiger partial charge < -0.3 is 5.11 Å². The van der Waals surface area contributed by atoms with Crippen LogP contribution in [0.15, 0.2) is 36.4 Å². The highest BCUT2D eigenvalue weighted by atomic mass is 16.4. The molecule has 6 heteroatoms. The van der Waals surface area contributed by atoms with Gasteiger partial charge in [-0.25, -0.2) is 9.48 Å². The molecule has 1 N–H and O–H groups in total. The van der Waals surface area contributed by atoms with Gasteiger partial charge in [-0.2, -0.15) is 5.26 Å². The number of carbonyl (C=O) groups is 1. The van der Waals surface area contributed by atoms with E-state index in [9.17, 15) is 4.79 Å². The summed E-state index contributed by atoms with van der Waals surface area (Å²) < 4.78 is 1.55. The maximum absolute atomic E-state index is 11.1. The summed E-state index contributed by atoms with van der Waals surface area (Å²) in [6, 6.07) is 12.0. The highest BCUT2D eigenvalue weighted by Gasteiger charge is 2.12. The van der Waals surface area contributed by atoms with Crippen molar-refractivity contribution in [3.05, 3.63) is 53.1 Å². The number of nitrogens with zero attached hydrogens (tertiary/aromatic N) is 4. The molecule has 6 nitrogen and oxygen atoms in total. The average molecular weight is 278 g/mol.